The van der Waals surface area contributed by atoms with Crippen LogP contribution in [-0.2, 0) is 4.74 Å². The standard InChI is InChI=1S/C12H17NO2/c1-9-4-2-6-13-11(9)12(14)10-5-3-7-15-8-10/h2,4,6,10,12,14H,3,5,7-8H2,1H3. The molecular formula is C12H17NO2. The van der Waals surface area contributed by atoms with Gasteiger partial charge in [-0.1, -0.05) is 6.07 Å². The predicted octanol–water partition coefficient (Wildman–Crippen LogP) is 1.85. The fourth-order valence-corrected chi connectivity index (χ4v) is 2.05. The molecule has 1 N–H and O–H groups in total. The number of rotatable bonds is 2. The number of pyridine rings is 1. The Morgan fingerprint density at radius 2 is 2.47 bits per heavy atom. The summed E-state index contributed by atoms with van der Waals surface area (Å²) in [4.78, 5) is 4.25. The van der Waals surface area contributed by atoms with E-state index in [1.54, 1.807) is 6.20 Å². The molecule has 0 aromatic carbocycles. The largest absolute Gasteiger partial charge is 0.386 e. The molecule has 3 nitrogen and oxygen atoms in total. The van der Waals surface area contributed by atoms with E-state index in [1.165, 1.54) is 0 Å². The van der Waals surface area contributed by atoms with E-state index in [4.69, 9.17) is 4.74 Å². The first-order valence-electron chi connectivity index (χ1n) is 5.46. The summed E-state index contributed by atoms with van der Waals surface area (Å²) in [6.45, 7) is 3.46. The summed E-state index contributed by atoms with van der Waals surface area (Å²) in [7, 11) is 0. The van der Waals surface area contributed by atoms with E-state index in [1.807, 2.05) is 19.1 Å². The van der Waals surface area contributed by atoms with Gasteiger partial charge in [0.1, 0.15) is 6.10 Å². The second-order valence-corrected chi connectivity index (χ2v) is 4.13. The van der Waals surface area contributed by atoms with Crippen molar-refractivity contribution in [3.63, 3.8) is 0 Å². The third kappa shape index (κ3) is 2.36. The molecule has 3 heteroatoms. The van der Waals surface area contributed by atoms with Crippen LogP contribution < -0.4 is 0 Å². The van der Waals surface area contributed by atoms with E-state index in [2.05, 4.69) is 4.98 Å². The maximum absolute atomic E-state index is 10.2. The van der Waals surface area contributed by atoms with Crippen LogP contribution in [0, 0.1) is 12.8 Å². The van der Waals surface area contributed by atoms with Gasteiger partial charge in [0.2, 0.25) is 0 Å². The summed E-state index contributed by atoms with van der Waals surface area (Å²) in [6.07, 6.45) is 3.31. The molecule has 2 unspecified atom stereocenters. The van der Waals surface area contributed by atoms with Gasteiger partial charge in [-0.3, -0.25) is 4.98 Å². The number of ether oxygens (including phenoxy) is 1. The van der Waals surface area contributed by atoms with E-state index >= 15 is 0 Å². The van der Waals surface area contributed by atoms with E-state index in [9.17, 15) is 5.11 Å². The molecule has 2 heterocycles. The summed E-state index contributed by atoms with van der Waals surface area (Å²) in [5.41, 5.74) is 1.85. The number of hydrogen-bond donors (Lipinski definition) is 1. The van der Waals surface area contributed by atoms with Gasteiger partial charge in [0.05, 0.1) is 12.3 Å². The molecule has 0 aliphatic carbocycles. The van der Waals surface area contributed by atoms with Crippen molar-refractivity contribution in [3.05, 3.63) is 29.6 Å². The van der Waals surface area contributed by atoms with Crippen LogP contribution in [-0.4, -0.2) is 23.3 Å². The molecule has 1 fully saturated rings. The molecule has 1 aliphatic heterocycles. The van der Waals surface area contributed by atoms with Crippen molar-refractivity contribution in [2.45, 2.75) is 25.9 Å². The highest BCUT2D eigenvalue weighted by Crippen LogP contribution is 2.28. The molecule has 82 valence electrons. The van der Waals surface area contributed by atoms with Gasteiger partial charge in [-0.15, -0.1) is 0 Å². The van der Waals surface area contributed by atoms with Crippen LogP contribution in [0.3, 0.4) is 0 Å². The average Bonchev–Trinajstić information content (AvgIpc) is 2.30. The van der Waals surface area contributed by atoms with Crippen LogP contribution in [0.5, 0.6) is 0 Å². The van der Waals surface area contributed by atoms with Crippen molar-refractivity contribution in [3.8, 4) is 0 Å². The number of nitrogens with zero attached hydrogens (tertiary/aromatic N) is 1. The maximum Gasteiger partial charge on any atom is 0.101 e. The fraction of sp³-hybridized carbons (Fsp3) is 0.583. The third-order valence-corrected chi connectivity index (χ3v) is 2.97. The summed E-state index contributed by atoms with van der Waals surface area (Å²) in [5.74, 6) is 0.201. The highest BCUT2D eigenvalue weighted by molar-refractivity contribution is 5.20. The number of hydrogen-bond acceptors (Lipinski definition) is 3. The molecule has 1 aliphatic rings. The van der Waals surface area contributed by atoms with Crippen molar-refractivity contribution < 1.29 is 9.84 Å². The molecule has 0 radical (unpaired) electrons. The Hall–Kier alpha value is -0.930. The molecule has 0 spiro atoms. The first-order valence-corrected chi connectivity index (χ1v) is 5.46. The van der Waals surface area contributed by atoms with Gasteiger partial charge in [-0.25, -0.2) is 0 Å². The van der Waals surface area contributed by atoms with Crippen LogP contribution >= 0.6 is 0 Å². The van der Waals surface area contributed by atoms with Gasteiger partial charge in [0.25, 0.3) is 0 Å². The van der Waals surface area contributed by atoms with Crippen molar-refractivity contribution in [1.29, 1.82) is 0 Å². The lowest BCUT2D eigenvalue weighted by Crippen LogP contribution is -2.24. The van der Waals surface area contributed by atoms with Crippen molar-refractivity contribution in [1.82, 2.24) is 4.98 Å². The van der Waals surface area contributed by atoms with E-state index in [-0.39, 0.29) is 5.92 Å². The van der Waals surface area contributed by atoms with Crippen molar-refractivity contribution >= 4 is 0 Å². The van der Waals surface area contributed by atoms with Gasteiger partial charge < -0.3 is 9.84 Å². The van der Waals surface area contributed by atoms with Gasteiger partial charge in [-0.05, 0) is 31.4 Å². The zero-order valence-electron chi connectivity index (χ0n) is 9.02. The minimum Gasteiger partial charge on any atom is -0.386 e. The minimum atomic E-state index is -0.480. The topological polar surface area (TPSA) is 42.4 Å². The monoisotopic (exact) mass is 207 g/mol. The van der Waals surface area contributed by atoms with Crippen LogP contribution in [0.2, 0.25) is 0 Å². The quantitative estimate of drug-likeness (QED) is 0.804. The Labute approximate surface area is 90.1 Å². The summed E-state index contributed by atoms with van der Waals surface area (Å²) < 4.78 is 5.38. The fourth-order valence-electron chi connectivity index (χ4n) is 2.05. The number of aryl methyl sites for hydroxylation is 1. The highest BCUT2D eigenvalue weighted by atomic mass is 16.5. The minimum absolute atomic E-state index is 0.201. The maximum atomic E-state index is 10.2. The Morgan fingerprint density at radius 3 is 3.13 bits per heavy atom. The van der Waals surface area contributed by atoms with Crippen LogP contribution in [0.4, 0.5) is 0 Å². The number of aromatic nitrogens is 1. The van der Waals surface area contributed by atoms with Crippen molar-refractivity contribution in [2.24, 2.45) is 5.92 Å². The van der Waals surface area contributed by atoms with Gasteiger partial charge in [0.15, 0.2) is 0 Å². The lowest BCUT2D eigenvalue weighted by molar-refractivity contribution is -0.0118. The summed E-state index contributed by atoms with van der Waals surface area (Å²) >= 11 is 0. The highest BCUT2D eigenvalue weighted by Gasteiger charge is 2.25. The smallest absolute Gasteiger partial charge is 0.101 e. The molecule has 1 aromatic heterocycles. The SMILES string of the molecule is Cc1cccnc1C(O)C1CCCOC1. The van der Waals surface area contributed by atoms with Crippen LogP contribution in [0.15, 0.2) is 18.3 Å². The molecule has 15 heavy (non-hydrogen) atoms. The molecule has 2 atom stereocenters. The molecule has 1 aromatic rings. The first kappa shape index (κ1) is 10.6. The summed E-state index contributed by atoms with van der Waals surface area (Å²) in [5, 5.41) is 10.2. The van der Waals surface area contributed by atoms with E-state index in [0.29, 0.717) is 6.61 Å². The normalized spacial score (nSPS) is 23.7. The lowest BCUT2D eigenvalue weighted by atomic mass is 9.92. The Kier molecular flexibility index (Phi) is 3.34. The van der Waals surface area contributed by atoms with Gasteiger partial charge in [-0.2, -0.15) is 0 Å². The first-order chi connectivity index (χ1) is 7.29. The van der Waals surface area contributed by atoms with E-state index < -0.39 is 6.10 Å². The second-order valence-electron chi connectivity index (χ2n) is 4.13. The Bertz CT molecular complexity index is 321. The third-order valence-electron chi connectivity index (χ3n) is 2.97. The van der Waals surface area contributed by atoms with Crippen LogP contribution in [0.25, 0.3) is 0 Å². The van der Waals surface area contributed by atoms with Crippen molar-refractivity contribution in [2.75, 3.05) is 13.2 Å². The molecule has 1 saturated heterocycles. The molecule has 2 rings (SSSR count). The van der Waals surface area contributed by atoms with Gasteiger partial charge in [0, 0.05) is 18.7 Å². The zero-order chi connectivity index (χ0) is 10.7. The van der Waals surface area contributed by atoms with Gasteiger partial charge >= 0.3 is 0 Å². The summed E-state index contributed by atoms with van der Waals surface area (Å²) in [6, 6.07) is 3.87. The number of aliphatic hydroxyl groups excluding tert-OH is 1. The lowest BCUT2D eigenvalue weighted by Gasteiger charge is -2.26. The van der Waals surface area contributed by atoms with E-state index in [0.717, 1.165) is 30.7 Å². The Balaban J connectivity index is 2.12. The number of aliphatic hydroxyl groups is 1. The second kappa shape index (κ2) is 4.73. The zero-order valence-corrected chi connectivity index (χ0v) is 9.02. The molecule has 0 saturated carbocycles. The average molecular weight is 207 g/mol. The molecule has 0 bridgehead atoms. The van der Waals surface area contributed by atoms with Crippen LogP contribution in [0.1, 0.15) is 30.2 Å². The molecule has 0 amide bonds. The molecular weight excluding hydrogens is 190 g/mol. The predicted molar refractivity (Wildman–Crippen MR) is 57.5 cm³/mol. The Morgan fingerprint density at radius 1 is 1.60 bits per heavy atom.